The monoisotopic (exact) mass is 430 g/mol. The Balaban J connectivity index is 1.42. The molecule has 1 aliphatic heterocycles. The van der Waals surface area contributed by atoms with Gasteiger partial charge in [0.2, 0.25) is 5.91 Å². The summed E-state index contributed by atoms with van der Waals surface area (Å²) in [6, 6.07) is 3.25. The lowest BCUT2D eigenvalue weighted by atomic mass is 9.85. The van der Waals surface area contributed by atoms with Gasteiger partial charge in [-0.2, -0.15) is 5.10 Å². The molecule has 9 nitrogen and oxygen atoms in total. The fraction of sp³-hybridized carbons (Fsp3) is 0.524. The molecule has 2 aromatic heterocycles. The molecule has 0 spiro atoms. The highest BCUT2D eigenvalue weighted by atomic mass is 19.1. The Labute approximate surface area is 179 Å². The fourth-order valence-corrected chi connectivity index (χ4v) is 3.86. The highest BCUT2D eigenvalue weighted by molar-refractivity contribution is 5.87. The number of amides is 2. The van der Waals surface area contributed by atoms with E-state index in [0.29, 0.717) is 37.7 Å². The lowest BCUT2D eigenvalue weighted by Crippen LogP contribution is -2.62. The lowest BCUT2D eigenvalue weighted by Gasteiger charge is -2.41. The van der Waals surface area contributed by atoms with Gasteiger partial charge in [0.05, 0.1) is 18.4 Å². The Kier molecular flexibility index (Phi) is 5.90. The molecule has 2 aliphatic rings. The predicted molar refractivity (Wildman–Crippen MR) is 110 cm³/mol. The molecule has 0 bridgehead atoms. The topological polar surface area (TPSA) is 112 Å². The molecule has 1 unspecified atom stereocenters. The van der Waals surface area contributed by atoms with Crippen LogP contribution in [0, 0.1) is 11.7 Å². The molecular formula is C21H27FN6O3. The Hall–Kier alpha value is -3.01. The molecule has 0 radical (unpaired) electrons. The number of nitrogens with one attached hydrogen (secondary N) is 2. The van der Waals surface area contributed by atoms with Crippen LogP contribution in [0.15, 0.2) is 30.7 Å². The molecule has 1 aliphatic carbocycles. The maximum absolute atomic E-state index is 13.3. The maximum atomic E-state index is 13.3. The average Bonchev–Trinajstić information content (AvgIpc) is 3.51. The van der Waals surface area contributed by atoms with Crippen molar-refractivity contribution in [2.24, 2.45) is 5.92 Å². The van der Waals surface area contributed by atoms with E-state index in [4.69, 9.17) is 0 Å². The van der Waals surface area contributed by atoms with Gasteiger partial charge in [-0.25, -0.2) is 18.9 Å². The normalized spacial score (nSPS) is 19.1. The van der Waals surface area contributed by atoms with Crippen LogP contribution in [0.4, 0.5) is 9.18 Å². The van der Waals surface area contributed by atoms with Gasteiger partial charge < -0.3 is 20.6 Å². The summed E-state index contributed by atoms with van der Waals surface area (Å²) in [4.78, 5) is 30.2. The molecule has 2 aromatic rings. The molecule has 3 N–H and O–H groups in total. The number of likely N-dealkylation sites (tertiary alicyclic amines) is 1. The van der Waals surface area contributed by atoms with E-state index in [0.717, 1.165) is 18.3 Å². The molecule has 10 heteroatoms. The fourth-order valence-electron chi connectivity index (χ4n) is 3.86. The SMILES string of the molecule is CC(NC(=O)C1(NCC2CC2)CCN(C(=O)O)CC1)c1ccc(-n2cc(F)cn2)nc1. The van der Waals surface area contributed by atoms with E-state index in [1.165, 1.54) is 28.6 Å². The molecule has 2 amide bonds. The van der Waals surface area contributed by atoms with Crippen LogP contribution in [0.5, 0.6) is 0 Å². The number of aromatic nitrogens is 3. The van der Waals surface area contributed by atoms with Gasteiger partial charge in [0, 0.05) is 19.3 Å². The van der Waals surface area contributed by atoms with Crippen LogP contribution in [0.3, 0.4) is 0 Å². The number of piperidine rings is 1. The van der Waals surface area contributed by atoms with E-state index in [2.05, 4.69) is 20.7 Å². The first-order chi connectivity index (χ1) is 14.9. The second-order valence-electron chi connectivity index (χ2n) is 8.42. The minimum atomic E-state index is -0.951. The van der Waals surface area contributed by atoms with Gasteiger partial charge in [0.25, 0.3) is 0 Å². The zero-order valence-corrected chi connectivity index (χ0v) is 17.4. The predicted octanol–water partition coefficient (Wildman–Crippen LogP) is 2.10. The summed E-state index contributed by atoms with van der Waals surface area (Å²) < 4.78 is 14.5. The van der Waals surface area contributed by atoms with Crippen molar-refractivity contribution in [3.8, 4) is 5.82 Å². The molecule has 3 heterocycles. The van der Waals surface area contributed by atoms with Crippen molar-refractivity contribution in [2.45, 2.75) is 44.2 Å². The summed E-state index contributed by atoms with van der Waals surface area (Å²) in [5.41, 5.74) is 0.0352. The third-order valence-corrected chi connectivity index (χ3v) is 6.15. The molecule has 166 valence electrons. The summed E-state index contributed by atoms with van der Waals surface area (Å²) in [7, 11) is 0. The third kappa shape index (κ3) is 4.84. The van der Waals surface area contributed by atoms with Crippen LogP contribution in [0.25, 0.3) is 5.82 Å². The van der Waals surface area contributed by atoms with Gasteiger partial charge in [0.1, 0.15) is 5.54 Å². The van der Waals surface area contributed by atoms with Crippen LogP contribution in [-0.2, 0) is 4.79 Å². The summed E-state index contributed by atoms with van der Waals surface area (Å²) in [5, 5.41) is 19.7. The first kappa shape index (κ1) is 21.2. The highest BCUT2D eigenvalue weighted by Gasteiger charge is 2.43. The van der Waals surface area contributed by atoms with Gasteiger partial charge in [-0.1, -0.05) is 6.07 Å². The van der Waals surface area contributed by atoms with Gasteiger partial charge in [-0.15, -0.1) is 0 Å². The van der Waals surface area contributed by atoms with Crippen LogP contribution in [0.2, 0.25) is 0 Å². The molecule has 31 heavy (non-hydrogen) atoms. The van der Waals surface area contributed by atoms with Crippen molar-refractivity contribution in [3.05, 3.63) is 42.1 Å². The zero-order chi connectivity index (χ0) is 22.0. The molecule has 0 aromatic carbocycles. The molecule has 4 rings (SSSR count). The largest absolute Gasteiger partial charge is 0.465 e. The Morgan fingerprint density at radius 1 is 1.29 bits per heavy atom. The molecular weight excluding hydrogens is 403 g/mol. The quantitative estimate of drug-likeness (QED) is 0.620. The number of pyridine rings is 1. The minimum absolute atomic E-state index is 0.121. The lowest BCUT2D eigenvalue weighted by molar-refractivity contribution is -0.130. The number of rotatable bonds is 7. The summed E-state index contributed by atoms with van der Waals surface area (Å²) in [6.45, 7) is 3.30. The summed E-state index contributed by atoms with van der Waals surface area (Å²) in [6.07, 6.45) is 6.25. The van der Waals surface area contributed by atoms with Gasteiger partial charge in [0.15, 0.2) is 11.6 Å². The highest BCUT2D eigenvalue weighted by Crippen LogP contribution is 2.31. The van der Waals surface area contributed by atoms with E-state index in [1.54, 1.807) is 12.3 Å². The molecule has 1 saturated heterocycles. The second kappa shape index (κ2) is 8.62. The van der Waals surface area contributed by atoms with Crippen LogP contribution >= 0.6 is 0 Å². The van der Waals surface area contributed by atoms with Crippen molar-refractivity contribution < 1.29 is 19.1 Å². The number of carbonyl (C=O) groups is 2. The first-order valence-electron chi connectivity index (χ1n) is 10.6. The van der Waals surface area contributed by atoms with E-state index in [9.17, 15) is 19.1 Å². The van der Waals surface area contributed by atoms with Crippen LogP contribution in [0.1, 0.15) is 44.2 Å². The number of carbonyl (C=O) groups excluding carboxylic acids is 1. The minimum Gasteiger partial charge on any atom is -0.465 e. The van der Waals surface area contributed by atoms with Gasteiger partial charge >= 0.3 is 6.09 Å². The molecule has 1 saturated carbocycles. The number of carboxylic acid groups (broad SMARTS) is 1. The van der Waals surface area contributed by atoms with Gasteiger partial charge in [-0.3, -0.25) is 4.79 Å². The van der Waals surface area contributed by atoms with Gasteiger partial charge in [-0.05, 0) is 56.7 Å². The van der Waals surface area contributed by atoms with E-state index >= 15 is 0 Å². The maximum Gasteiger partial charge on any atom is 0.407 e. The van der Waals surface area contributed by atoms with E-state index in [1.807, 2.05) is 13.0 Å². The summed E-state index contributed by atoms with van der Waals surface area (Å²) >= 11 is 0. The van der Waals surface area contributed by atoms with Crippen molar-refractivity contribution >= 4 is 12.0 Å². The number of hydrogen-bond donors (Lipinski definition) is 3. The van der Waals surface area contributed by atoms with Crippen molar-refractivity contribution in [2.75, 3.05) is 19.6 Å². The van der Waals surface area contributed by atoms with Crippen molar-refractivity contribution in [3.63, 3.8) is 0 Å². The summed E-state index contributed by atoms with van der Waals surface area (Å²) in [5.74, 6) is 0.520. The number of hydrogen-bond acceptors (Lipinski definition) is 5. The average molecular weight is 430 g/mol. The zero-order valence-electron chi connectivity index (χ0n) is 17.4. The van der Waals surface area contributed by atoms with E-state index in [-0.39, 0.29) is 11.9 Å². The number of halogens is 1. The van der Waals surface area contributed by atoms with Crippen molar-refractivity contribution in [1.29, 1.82) is 0 Å². The van der Waals surface area contributed by atoms with Crippen LogP contribution in [-0.4, -0.2) is 61.9 Å². The first-order valence-corrected chi connectivity index (χ1v) is 10.6. The molecule has 1 atom stereocenters. The molecule has 2 fully saturated rings. The van der Waals surface area contributed by atoms with E-state index < -0.39 is 17.4 Å². The third-order valence-electron chi connectivity index (χ3n) is 6.15. The van der Waals surface area contributed by atoms with Crippen molar-refractivity contribution in [1.82, 2.24) is 30.3 Å². The Morgan fingerprint density at radius 3 is 2.58 bits per heavy atom. The second-order valence-corrected chi connectivity index (χ2v) is 8.42. The number of nitrogens with zero attached hydrogens (tertiary/aromatic N) is 4. The standard InChI is InChI=1S/C21H27FN6O3/c1-14(16-4-5-18(23-11-16)28-13-17(22)12-25-28)26-19(29)21(24-10-15-2-3-15)6-8-27(9-7-21)20(30)31/h4-5,11-15,24H,2-3,6-10H2,1H3,(H,26,29)(H,30,31). The van der Waals surface area contributed by atoms with Crippen LogP contribution < -0.4 is 10.6 Å². The Bertz CT molecular complexity index is 935. The Morgan fingerprint density at radius 2 is 2.03 bits per heavy atom. The smallest absolute Gasteiger partial charge is 0.407 e.